The second-order valence-corrected chi connectivity index (χ2v) is 25.2. The van der Waals surface area contributed by atoms with E-state index < -0.39 is 0 Å². The smallest absolute Gasteiger partial charge is 0.252 e. The van der Waals surface area contributed by atoms with Crippen molar-refractivity contribution >= 4 is 51.5 Å². The standard InChI is InChI=1S/C56H73BN2/c1-50(2,3)35-16-20-40(21-17-35)58-44-22-18-36(51(4,5)6)31-42(44)57-43-32-37(52(7,8)9)19-23-45(43)59(48-33-39-25-27-56(48,15)54(39,12)13)47-29-34(28-46(58)49(47)57)41-30-38-24-26-55(41,14)53(38,10)11/h16-23,28-29,31-32,38-39,41,48H,24-27,30,33H2,1-15H3. The fourth-order valence-electron chi connectivity index (χ4n) is 14.2. The number of hydrogen-bond acceptors (Lipinski definition) is 2. The molecule has 10 rings (SSSR count). The van der Waals surface area contributed by atoms with Crippen molar-refractivity contribution in [3.63, 3.8) is 0 Å². The first-order valence-corrected chi connectivity index (χ1v) is 23.5. The Morgan fingerprint density at radius 2 is 1.02 bits per heavy atom. The van der Waals surface area contributed by atoms with Crippen LogP contribution in [-0.2, 0) is 16.2 Å². The van der Waals surface area contributed by atoms with Gasteiger partial charge in [0.1, 0.15) is 0 Å². The van der Waals surface area contributed by atoms with Crippen molar-refractivity contribution in [2.75, 3.05) is 9.80 Å². The molecule has 0 saturated heterocycles. The summed E-state index contributed by atoms with van der Waals surface area (Å²) in [4.78, 5) is 5.68. The molecule has 4 aliphatic carbocycles. The Hall–Kier alpha value is -3.46. The van der Waals surface area contributed by atoms with Crippen LogP contribution < -0.4 is 26.2 Å². The number of anilines is 5. The first-order chi connectivity index (χ1) is 27.4. The topological polar surface area (TPSA) is 6.48 Å². The van der Waals surface area contributed by atoms with Gasteiger partial charge in [-0.1, -0.05) is 140 Å². The van der Waals surface area contributed by atoms with Gasteiger partial charge in [0.05, 0.1) is 0 Å². The molecular formula is C56H73BN2. The Morgan fingerprint density at radius 1 is 0.525 bits per heavy atom. The van der Waals surface area contributed by atoms with Gasteiger partial charge >= 0.3 is 0 Å². The van der Waals surface area contributed by atoms with Crippen molar-refractivity contribution in [1.82, 2.24) is 0 Å². The maximum atomic E-state index is 2.97. The molecule has 4 aromatic carbocycles. The van der Waals surface area contributed by atoms with Crippen LogP contribution >= 0.6 is 0 Å². The van der Waals surface area contributed by atoms with Crippen molar-refractivity contribution < 1.29 is 0 Å². The third kappa shape index (κ3) is 5.30. The van der Waals surface area contributed by atoms with Gasteiger partial charge in [0.2, 0.25) is 0 Å². The Labute approximate surface area is 359 Å². The Bertz CT molecular complexity index is 2380. The highest BCUT2D eigenvalue weighted by Crippen LogP contribution is 2.72. The van der Waals surface area contributed by atoms with Crippen molar-refractivity contribution in [3.8, 4) is 0 Å². The van der Waals surface area contributed by atoms with E-state index in [9.17, 15) is 0 Å². The summed E-state index contributed by atoms with van der Waals surface area (Å²) in [5.41, 5.74) is 18.6. The summed E-state index contributed by atoms with van der Waals surface area (Å²) in [6.45, 7) is 37.2. The van der Waals surface area contributed by atoms with Crippen LogP contribution in [0.4, 0.5) is 28.4 Å². The largest absolute Gasteiger partial charge is 0.339 e. The van der Waals surface area contributed by atoms with E-state index in [-0.39, 0.29) is 33.8 Å². The molecule has 2 heterocycles. The van der Waals surface area contributed by atoms with E-state index in [4.69, 9.17) is 0 Å². The zero-order valence-electron chi connectivity index (χ0n) is 39.5. The summed E-state index contributed by atoms with van der Waals surface area (Å²) >= 11 is 0. The highest BCUT2D eigenvalue weighted by Gasteiger charge is 2.65. The second-order valence-electron chi connectivity index (χ2n) is 25.2. The van der Waals surface area contributed by atoms with E-state index in [2.05, 4.69) is 186 Å². The van der Waals surface area contributed by atoms with E-state index in [0.29, 0.717) is 22.8 Å². The third-order valence-electron chi connectivity index (χ3n) is 19.1. The predicted octanol–water partition coefficient (Wildman–Crippen LogP) is 13.5. The molecule has 59 heavy (non-hydrogen) atoms. The van der Waals surface area contributed by atoms with E-state index in [1.54, 1.807) is 5.56 Å². The maximum Gasteiger partial charge on any atom is 0.252 e. The molecule has 4 saturated carbocycles. The van der Waals surface area contributed by atoms with Gasteiger partial charge in [-0.25, -0.2) is 0 Å². The number of rotatable bonds is 3. The van der Waals surface area contributed by atoms with E-state index in [1.807, 2.05) is 0 Å². The minimum atomic E-state index is 0.0330. The van der Waals surface area contributed by atoms with Crippen LogP contribution in [0.5, 0.6) is 0 Å². The molecule has 0 N–H and O–H groups in total. The van der Waals surface area contributed by atoms with Crippen LogP contribution in [-0.4, -0.2) is 12.8 Å². The van der Waals surface area contributed by atoms with Gasteiger partial charge < -0.3 is 9.80 Å². The molecule has 0 aromatic heterocycles. The van der Waals surface area contributed by atoms with Crippen LogP contribution in [0.2, 0.25) is 0 Å². The van der Waals surface area contributed by atoms with Crippen LogP contribution in [0, 0.1) is 33.5 Å². The first kappa shape index (κ1) is 39.7. The lowest BCUT2D eigenvalue weighted by molar-refractivity contribution is 0.134. The molecule has 0 amide bonds. The minimum absolute atomic E-state index is 0.0330. The lowest BCUT2D eigenvalue weighted by Gasteiger charge is -2.51. The summed E-state index contributed by atoms with van der Waals surface area (Å²) in [5.74, 6) is 2.09. The number of fused-ring (bicyclic) bond motifs is 8. The molecule has 6 unspecified atom stereocenters. The summed E-state index contributed by atoms with van der Waals surface area (Å²) in [7, 11) is 0. The maximum absolute atomic E-state index is 2.97. The summed E-state index contributed by atoms with van der Waals surface area (Å²) in [6, 6.07) is 30.8. The van der Waals surface area contributed by atoms with Crippen LogP contribution in [0.25, 0.3) is 0 Å². The normalized spacial score (nSPS) is 29.8. The monoisotopic (exact) mass is 785 g/mol. The highest BCUT2D eigenvalue weighted by molar-refractivity contribution is 7.00. The van der Waals surface area contributed by atoms with Crippen molar-refractivity contribution in [2.45, 2.75) is 171 Å². The van der Waals surface area contributed by atoms with E-state index >= 15 is 0 Å². The average molecular weight is 785 g/mol. The van der Waals surface area contributed by atoms with E-state index in [0.717, 1.165) is 11.8 Å². The molecule has 4 bridgehead atoms. The van der Waals surface area contributed by atoms with Gasteiger partial charge in [0, 0.05) is 34.5 Å². The zero-order valence-corrected chi connectivity index (χ0v) is 39.5. The van der Waals surface area contributed by atoms with E-state index in [1.165, 1.54) is 100 Å². The first-order valence-electron chi connectivity index (χ1n) is 23.5. The van der Waals surface area contributed by atoms with Crippen molar-refractivity contribution in [3.05, 3.63) is 95.1 Å². The molecule has 6 atom stereocenters. The summed E-state index contributed by atoms with van der Waals surface area (Å²) in [5, 5.41) is 0. The molecule has 4 aromatic rings. The fourth-order valence-corrected chi connectivity index (χ4v) is 14.2. The molecule has 310 valence electrons. The second kappa shape index (κ2) is 12.1. The van der Waals surface area contributed by atoms with Gasteiger partial charge in [0.25, 0.3) is 6.71 Å². The Kier molecular flexibility index (Phi) is 8.16. The minimum Gasteiger partial charge on any atom is -0.339 e. The van der Waals surface area contributed by atoms with Gasteiger partial charge in [-0.15, -0.1) is 0 Å². The average Bonchev–Trinajstić information content (AvgIpc) is 3.69. The molecular weight excluding hydrogens is 711 g/mol. The molecule has 0 radical (unpaired) electrons. The molecule has 4 fully saturated rings. The summed E-state index contributed by atoms with van der Waals surface area (Å²) < 4.78 is 0. The van der Waals surface area contributed by atoms with Crippen LogP contribution in [0.3, 0.4) is 0 Å². The van der Waals surface area contributed by atoms with Gasteiger partial charge in [-0.3, -0.25) is 0 Å². The number of nitrogens with zero attached hydrogens (tertiary/aromatic N) is 2. The van der Waals surface area contributed by atoms with Crippen molar-refractivity contribution in [1.29, 1.82) is 0 Å². The Balaban J connectivity index is 1.31. The van der Waals surface area contributed by atoms with Crippen molar-refractivity contribution in [2.24, 2.45) is 33.5 Å². The van der Waals surface area contributed by atoms with Gasteiger partial charge in [0.15, 0.2) is 0 Å². The Morgan fingerprint density at radius 3 is 1.51 bits per heavy atom. The molecule has 3 heteroatoms. The van der Waals surface area contributed by atoms with Crippen LogP contribution in [0.1, 0.15) is 171 Å². The zero-order chi connectivity index (χ0) is 42.2. The van der Waals surface area contributed by atoms with Crippen LogP contribution in [0.15, 0.2) is 72.8 Å². The molecule has 2 nitrogen and oxygen atoms in total. The third-order valence-corrected chi connectivity index (χ3v) is 19.1. The lowest BCUT2D eigenvalue weighted by atomic mass is 9.33. The number of benzene rings is 4. The molecule has 0 spiro atoms. The van der Waals surface area contributed by atoms with Gasteiger partial charge in [-0.05, 0) is 169 Å². The summed E-state index contributed by atoms with van der Waals surface area (Å²) in [6.07, 6.45) is 7.96. The highest BCUT2D eigenvalue weighted by atomic mass is 15.2. The SMILES string of the molecule is CC(C)(C)c1ccc(N2c3ccc(C(C)(C)C)cc3B3c4cc(C(C)(C)C)ccc4N(C4CC5CCC4(C)C5(C)C)c4cc(C5CC6CCC5(C)C6(C)C)cc2c43)cc1. The fraction of sp³-hybridized carbons (Fsp3) is 0.571. The molecule has 2 aliphatic heterocycles. The van der Waals surface area contributed by atoms with Gasteiger partial charge in [-0.2, -0.15) is 0 Å². The quantitative estimate of drug-likeness (QED) is 0.168. The lowest BCUT2D eigenvalue weighted by Crippen LogP contribution is -2.64. The molecule has 6 aliphatic rings. The number of hydrogen-bond donors (Lipinski definition) is 0. The predicted molar refractivity (Wildman–Crippen MR) is 255 cm³/mol.